The van der Waals surface area contributed by atoms with E-state index >= 15 is 0 Å². The number of likely N-dealkylation sites (tertiary alicyclic amines) is 1. The number of carboxylic acids is 1. The fourth-order valence-electron chi connectivity index (χ4n) is 2.94. The summed E-state index contributed by atoms with van der Waals surface area (Å²) in [6, 6.07) is 6.79. The van der Waals surface area contributed by atoms with E-state index < -0.39 is 5.97 Å². The highest BCUT2D eigenvalue weighted by molar-refractivity contribution is 5.78. The standard InChI is InChI=1S/C18H22N2O5/c1-24-16-9-14(10-19)4-6-15(16)25-12-17(21)20-8-2-3-13(11-20)5-7-18(22)23/h4,6,9,13H,2-3,5,7-8,11-12H2,1H3,(H,22,23). The van der Waals surface area contributed by atoms with Crippen molar-refractivity contribution >= 4 is 11.9 Å². The molecule has 1 saturated heterocycles. The highest BCUT2D eigenvalue weighted by atomic mass is 16.5. The van der Waals surface area contributed by atoms with E-state index in [1.165, 1.54) is 7.11 Å². The molecule has 0 aromatic heterocycles. The summed E-state index contributed by atoms with van der Waals surface area (Å²) < 4.78 is 10.7. The molecule has 1 N–H and O–H groups in total. The van der Waals surface area contributed by atoms with Crippen molar-refractivity contribution in [3.05, 3.63) is 23.8 Å². The number of nitriles is 1. The van der Waals surface area contributed by atoms with Crippen LogP contribution in [-0.4, -0.2) is 48.7 Å². The van der Waals surface area contributed by atoms with E-state index in [1.807, 2.05) is 6.07 Å². The van der Waals surface area contributed by atoms with Gasteiger partial charge in [-0.25, -0.2) is 0 Å². The zero-order valence-corrected chi connectivity index (χ0v) is 14.2. The van der Waals surface area contributed by atoms with Crippen molar-refractivity contribution < 1.29 is 24.2 Å². The molecular weight excluding hydrogens is 324 g/mol. The Morgan fingerprint density at radius 2 is 2.20 bits per heavy atom. The number of amides is 1. The second kappa shape index (κ2) is 8.92. The number of ether oxygens (including phenoxy) is 2. The molecule has 1 aromatic carbocycles. The van der Waals surface area contributed by atoms with E-state index in [1.54, 1.807) is 23.1 Å². The summed E-state index contributed by atoms with van der Waals surface area (Å²) in [5, 5.41) is 17.7. The SMILES string of the molecule is COc1cc(C#N)ccc1OCC(=O)N1CCCC(CCC(=O)O)C1. The molecular formula is C18H22N2O5. The molecule has 1 atom stereocenters. The number of nitrogens with zero attached hydrogens (tertiary/aromatic N) is 2. The number of piperidine rings is 1. The first-order valence-corrected chi connectivity index (χ1v) is 8.24. The minimum absolute atomic E-state index is 0.117. The van der Waals surface area contributed by atoms with Crippen molar-refractivity contribution in [3.63, 3.8) is 0 Å². The summed E-state index contributed by atoms with van der Waals surface area (Å²) in [6.45, 7) is 1.12. The highest BCUT2D eigenvalue weighted by Crippen LogP contribution is 2.28. The van der Waals surface area contributed by atoms with Crippen molar-refractivity contribution in [2.24, 2.45) is 5.92 Å². The highest BCUT2D eigenvalue weighted by Gasteiger charge is 2.24. The topological polar surface area (TPSA) is 99.9 Å². The zero-order valence-electron chi connectivity index (χ0n) is 14.2. The molecule has 1 fully saturated rings. The Kier molecular flexibility index (Phi) is 6.63. The molecule has 0 spiro atoms. The van der Waals surface area contributed by atoms with Crippen LogP contribution in [0.2, 0.25) is 0 Å². The predicted octanol–water partition coefficient (Wildman–Crippen LogP) is 2.05. The van der Waals surface area contributed by atoms with Gasteiger partial charge in [0, 0.05) is 25.6 Å². The van der Waals surface area contributed by atoms with Gasteiger partial charge < -0.3 is 19.5 Å². The van der Waals surface area contributed by atoms with Crippen molar-refractivity contribution in [1.29, 1.82) is 5.26 Å². The fourth-order valence-corrected chi connectivity index (χ4v) is 2.94. The number of hydrogen-bond acceptors (Lipinski definition) is 5. The van der Waals surface area contributed by atoms with Gasteiger partial charge in [0.25, 0.3) is 5.91 Å². The Bertz CT molecular complexity index is 668. The first kappa shape index (κ1) is 18.6. The molecule has 0 bridgehead atoms. The van der Waals surface area contributed by atoms with Gasteiger partial charge in [-0.05, 0) is 37.3 Å². The largest absolute Gasteiger partial charge is 0.493 e. The van der Waals surface area contributed by atoms with Crippen molar-refractivity contribution in [3.8, 4) is 17.6 Å². The molecule has 134 valence electrons. The molecule has 25 heavy (non-hydrogen) atoms. The van der Waals surface area contributed by atoms with E-state index in [4.69, 9.17) is 19.8 Å². The fraction of sp³-hybridized carbons (Fsp3) is 0.500. The average molecular weight is 346 g/mol. The van der Waals surface area contributed by atoms with E-state index in [9.17, 15) is 9.59 Å². The monoisotopic (exact) mass is 346 g/mol. The van der Waals surface area contributed by atoms with Crippen LogP contribution in [-0.2, 0) is 9.59 Å². The van der Waals surface area contributed by atoms with Crippen LogP contribution in [0.3, 0.4) is 0 Å². The first-order valence-electron chi connectivity index (χ1n) is 8.24. The van der Waals surface area contributed by atoms with E-state index in [-0.39, 0.29) is 24.9 Å². The van der Waals surface area contributed by atoms with Crippen LogP contribution in [0.4, 0.5) is 0 Å². The summed E-state index contributed by atoms with van der Waals surface area (Å²) in [5.74, 6) is 0.100. The quantitative estimate of drug-likeness (QED) is 0.811. The average Bonchev–Trinajstić information content (AvgIpc) is 2.64. The van der Waals surface area contributed by atoms with Crippen LogP contribution in [0.15, 0.2) is 18.2 Å². The minimum Gasteiger partial charge on any atom is -0.493 e. The smallest absolute Gasteiger partial charge is 0.303 e. The van der Waals surface area contributed by atoms with Crippen LogP contribution >= 0.6 is 0 Å². The Balaban J connectivity index is 1.89. The number of carboxylic acid groups (broad SMARTS) is 1. The lowest BCUT2D eigenvalue weighted by Crippen LogP contribution is -2.42. The van der Waals surface area contributed by atoms with Crippen LogP contribution in [0, 0.1) is 17.2 Å². The molecule has 1 aromatic rings. The van der Waals surface area contributed by atoms with Crippen LogP contribution in [0.25, 0.3) is 0 Å². The van der Waals surface area contributed by atoms with Crippen LogP contribution in [0.1, 0.15) is 31.2 Å². The first-order chi connectivity index (χ1) is 12.0. The second-order valence-electron chi connectivity index (χ2n) is 6.05. The van der Waals surface area contributed by atoms with Gasteiger partial charge >= 0.3 is 5.97 Å². The Morgan fingerprint density at radius 1 is 1.40 bits per heavy atom. The number of carbonyl (C=O) groups excluding carboxylic acids is 1. The summed E-state index contributed by atoms with van der Waals surface area (Å²) in [6.07, 6.45) is 2.53. The molecule has 1 heterocycles. The summed E-state index contributed by atoms with van der Waals surface area (Å²) in [4.78, 5) is 24.8. The van der Waals surface area contributed by atoms with Crippen LogP contribution in [0.5, 0.6) is 11.5 Å². The molecule has 1 aliphatic rings. The van der Waals surface area contributed by atoms with Gasteiger partial charge in [0.2, 0.25) is 0 Å². The third-order valence-corrected chi connectivity index (χ3v) is 4.28. The maximum absolute atomic E-state index is 12.4. The van der Waals surface area contributed by atoms with Crippen molar-refractivity contribution in [1.82, 2.24) is 4.90 Å². The molecule has 0 saturated carbocycles. The molecule has 1 amide bonds. The van der Waals surface area contributed by atoms with Gasteiger partial charge in [-0.3, -0.25) is 9.59 Å². The third-order valence-electron chi connectivity index (χ3n) is 4.28. The van der Waals surface area contributed by atoms with Crippen molar-refractivity contribution in [2.75, 3.05) is 26.8 Å². The molecule has 2 rings (SSSR count). The molecule has 0 aliphatic carbocycles. The predicted molar refractivity (Wildman–Crippen MR) is 89.4 cm³/mol. The lowest BCUT2D eigenvalue weighted by molar-refractivity contribution is -0.137. The van der Waals surface area contributed by atoms with E-state index in [0.717, 1.165) is 12.8 Å². The molecule has 1 unspecified atom stereocenters. The summed E-state index contributed by atoms with van der Waals surface area (Å²) in [7, 11) is 1.48. The molecule has 0 radical (unpaired) electrons. The summed E-state index contributed by atoms with van der Waals surface area (Å²) >= 11 is 0. The van der Waals surface area contributed by atoms with Crippen LogP contribution < -0.4 is 9.47 Å². The lowest BCUT2D eigenvalue weighted by atomic mass is 9.93. The maximum Gasteiger partial charge on any atom is 0.303 e. The molecule has 1 aliphatic heterocycles. The van der Waals surface area contributed by atoms with Gasteiger partial charge in [-0.15, -0.1) is 0 Å². The third kappa shape index (κ3) is 5.38. The molecule has 7 heteroatoms. The molecule has 7 nitrogen and oxygen atoms in total. The Hall–Kier alpha value is -2.75. The summed E-state index contributed by atoms with van der Waals surface area (Å²) in [5.41, 5.74) is 0.452. The lowest BCUT2D eigenvalue weighted by Gasteiger charge is -2.32. The van der Waals surface area contributed by atoms with Gasteiger partial charge in [0.05, 0.1) is 18.7 Å². The van der Waals surface area contributed by atoms with Gasteiger partial charge in [-0.1, -0.05) is 0 Å². The van der Waals surface area contributed by atoms with Gasteiger partial charge in [0.1, 0.15) is 0 Å². The second-order valence-corrected chi connectivity index (χ2v) is 6.05. The number of rotatable bonds is 7. The van der Waals surface area contributed by atoms with Crippen molar-refractivity contribution in [2.45, 2.75) is 25.7 Å². The number of hydrogen-bond donors (Lipinski definition) is 1. The van der Waals surface area contributed by atoms with E-state index in [0.29, 0.717) is 36.6 Å². The van der Waals surface area contributed by atoms with Gasteiger partial charge in [-0.2, -0.15) is 5.26 Å². The number of benzene rings is 1. The number of aliphatic carboxylic acids is 1. The Labute approximate surface area is 146 Å². The maximum atomic E-state index is 12.4. The van der Waals surface area contributed by atoms with Gasteiger partial charge in [0.15, 0.2) is 18.1 Å². The minimum atomic E-state index is -0.806. The normalized spacial score (nSPS) is 16.8. The van der Waals surface area contributed by atoms with E-state index in [2.05, 4.69) is 0 Å². The zero-order chi connectivity index (χ0) is 18.2. The Morgan fingerprint density at radius 3 is 2.88 bits per heavy atom. The number of carbonyl (C=O) groups is 2. The number of methoxy groups -OCH3 is 1.